The fourth-order valence-corrected chi connectivity index (χ4v) is 2.57. The summed E-state index contributed by atoms with van der Waals surface area (Å²) in [4.78, 5) is 24.1. The minimum Gasteiger partial charge on any atom is -0.481 e. The number of carbonyl (C=O) groups excluding carboxylic acids is 1. The van der Waals surface area contributed by atoms with Gasteiger partial charge in [0.05, 0.1) is 6.42 Å². The molecule has 0 aliphatic rings. The summed E-state index contributed by atoms with van der Waals surface area (Å²) in [5.41, 5.74) is 0. The summed E-state index contributed by atoms with van der Waals surface area (Å²) in [7, 11) is 0. The molecule has 0 fully saturated rings. The van der Waals surface area contributed by atoms with Crippen LogP contribution in [0.25, 0.3) is 6.08 Å². The van der Waals surface area contributed by atoms with Gasteiger partial charge in [0, 0.05) is 16.2 Å². The molecule has 0 saturated carbocycles. The summed E-state index contributed by atoms with van der Waals surface area (Å²) < 4.78 is 0. The van der Waals surface area contributed by atoms with E-state index in [2.05, 4.69) is 6.92 Å². The van der Waals surface area contributed by atoms with Crippen molar-refractivity contribution in [2.75, 3.05) is 0 Å². The highest BCUT2D eigenvalue weighted by atomic mass is 32.1. The van der Waals surface area contributed by atoms with Crippen LogP contribution in [0, 0.1) is 0 Å². The Kier molecular flexibility index (Phi) is 7.11. The number of carboxylic acid groups (broad SMARTS) is 1. The van der Waals surface area contributed by atoms with E-state index in [0.717, 1.165) is 29.0 Å². The average Bonchev–Trinajstić information content (AvgIpc) is 2.82. The van der Waals surface area contributed by atoms with Crippen molar-refractivity contribution in [1.29, 1.82) is 0 Å². The van der Waals surface area contributed by atoms with Gasteiger partial charge in [0.15, 0.2) is 5.78 Å². The van der Waals surface area contributed by atoms with Crippen molar-refractivity contribution in [2.24, 2.45) is 0 Å². The van der Waals surface area contributed by atoms with E-state index in [0.29, 0.717) is 12.8 Å². The maximum Gasteiger partial charge on any atom is 0.303 e. The highest BCUT2D eigenvalue weighted by molar-refractivity contribution is 7.12. The van der Waals surface area contributed by atoms with E-state index in [1.54, 1.807) is 17.4 Å². The number of ketones is 1. The monoisotopic (exact) mass is 280 g/mol. The third kappa shape index (κ3) is 6.91. The van der Waals surface area contributed by atoms with E-state index in [4.69, 9.17) is 5.11 Å². The van der Waals surface area contributed by atoms with E-state index in [1.807, 2.05) is 18.2 Å². The minimum atomic E-state index is -0.781. The van der Waals surface area contributed by atoms with Crippen molar-refractivity contribution in [2.45, 2.75) is 45.4 Å². The molecular weight excluding hydrogens is 260 g/mol. The van der Waals surface area contributed by atoms with Crippen LogP contribution >= 0.6 is 11.3 Å². The maximum atomic E-state index is 11.6. The van der Waals surface area contributed by atoms with Crippen LogP contribution < -0.4 is 0 Å². The maximum absolute atomic E-state index is 11.6. The van der Waals surface area contributed by atoms with Gasteiger partial charge in [-0.15, -0.1) is 11.3 Å². The topological polar surface area (TPSA) is 54.4 Å². The first-order valence-electron chi connectivity index (χ1n) is 6.63. The fourth-order valence-electron chi connectivity index (χ4n) is 1.66. The van der Waals surface area contributed by atoms with E-state index < -0.39 is 5.97 Å². The first kappa shape index (κ1) is 15.6. The molecule has 0 aromatic carbocycles. The Morgan fingerprint density at radius 3 is 2.74 bits per heavy atom. The Morgan fingerprint density at radius 1 is 1.26 bits per heavy atom. The molecule has 0 amide bonds. The van der Waals surface area contributed by atoms with Crippen molar-refractivity contribution in [3.8, 4) is 0 Å². The molecule has 0 saturated heterocycles. The van der Waals surface area contributed by atoms with E-state index >= 15 is 0 Å². The van der Waals surface area contributed by atoms with Gasteiger partial charge in [-0.3, -0.25) is 9.59 Å². The zero-order valence-electron chi connectivity index (χ0n) is 11.2. The third-order valence-electron chi connectivity index (χ3n) is 2.73. The molecule has 1 rings (SSSR count). The molecule has 0 bridgehead atoms. The van der Waals surface area contributed by atoms with Crippen molar-refractivity contribution < 1.29 is 14.7 Å². The number of carboxylic acids is 1. The molecule has 104 valence electrons. The van der Waals surface area contributed by atoms with Crippen LogP contribution in [-0.4, -0.2) is 16.9 Å². The third-order valence-corrected chi connectivity index (χ3v) is 3.84. The molecule has 0 aliphatic carbocycles. The number of carbonyl (C=O) groups is 2. The van der Waals surface area contributed by atoms with Gasteiger partial charge in [0.2, 0.25) is 0 Å². The van der Waals surface area contributed by atoms with Crippen LogP contribution in [-0.2, 0) is 16.0 Å². The molecule has 0 spiro atoms. The Bertz CT molecular complexity index is 446. The number of unbranched alkanes of at least 4 members (excludes halogenated alkanes) is 2. The molecule has 1 N–H and O–H groups in total. The van der Waals surface area contributed by atoms with Crippen LogP contribution in [0.4, 0.5) is 0 Å². The summed E-state index contributed by atoms with van der Waals surface area (Å²) in [6.45, 7) is 2.12. The van der Waals surface area contributed by atoms with Gasteiger partial charge in [-0.25, -0.2) is 0 Å². The Hall–Kier alpha value is -1.42. The van der Waals surface area contributed by atoms with Crippen LogP contribution in [0.1, 0.15) is 48.8 Å². The second-order valence-electron chi connectivity index (χ2n) is 4.45. The second-order valence-corrected chi connectivity index (χ2v) is 5.65. The molecule has 3 nitrogen and oxygen atoms in total. The first-order chi connectivity index (χ1) is 9.11. The molecule has 0 atom stereocenters. The molecule has 1 heterocycles. The number of allylic oxidation sites excluding steroid dienone is 1. The van der Waals surface area contributed by atoms with Gasteiger partial charge in [-0.05, 0) is 37.1 Å². The van der Waals surface area contributed by atoms with Crippen LogP contribution in [0.5, 0.6) is 0 Å². The van der Waals surface area contributed by atoms with Gasteiger partial charge in [-0.1, -0.05) is 19.8 Å². The quantitative estimate of drug-likeness (QED) is 0.551. The number of aliphatic carboxylic acids is 1. The number of aryl methyl sites for hydroxylation is 1. The molecule has 0 aliphatic heterocycles. The normalized spacial score (nSPS) is 11.0. The van der Waals surface area contributed by atoms with Crippen molar-refractivity contribution in [3.05, 3.63) is 28.0 Å². The van der Waals surface area contributed by atoms with Crippen LogP contribution in [0.15, 0.2) is 18.2 Å². The Balaban J connectivity index is 2.39. The molecule has 4 heteroatoms. The lowest BCUT2D eigenvalue weighted by atomic mass is 10.1. The molecule has 19 heavy (non-hydrogen) atoms. The standard InChI is InChI=1S/C15H20O3S/c1-2-3-4-5-12(16)6-7-13-8-9-14(19-13)10-11-15(17)18/h6-9H,2-5,10-11H2,1H3,(H,17,18)/b7-6+. The summed E-state index contributed by atoms with van der Waals surface area (Å²) in [5.74, 6) is -0.620. The predicted molar refractivity (Wildman–Crippen MR) is 78.5 cm³/mol. The van der Waals surface area contributed by atoms with Gasteiger partial charge in [0.1, 0.15) is 0 Å². The van der Waals surface area contributed by atoms with E-state index in [1.165, 1.54) is 0 Å². The number of hydrogen-bond acceptors (Lipinski definition) is 3. The molecule has 0 radical (unpaired) electrons. The lowest BCUT2D eigenvalue weighted by Crippen LogP contribution is -1.95. The SMILES string of the molecule is CCCCCC(=O)/C=C/c1ccc(CCC(=O)O)s1. The van der Waals surface area contributed by atoms with Gasteiger partial charge in [0.25, 0.3) is 0 Å². The number of thiophene rings is 1. The van der Waals surface area contributed by atoms with Crippen molar-refractivity contribution >= 4 is 29.2 Å². The summed E-state index contributed by atoms with van der Waals surface area (Å²) in [6, 6.07) is 3.85. The van der Waals surface area contributed by atoms with Crippen LogP contribution in [0.3, 0.4) is 0 Å². The smallest absolute Gasteiger partial charge is 0.303 e. The Labute approximate surface area is 118 Å². The van der Waals surface area contributed by atoms with Gasteiger partial charge in [-0.2, -0.15) is 0 Å². The fraction of sp³-hybridized carbons (Fsp3) is 0.467. The molecular formula is C15H20O3S. The average molecular weight is 280 g/mol. The zero-order chi connectivity index (χ0) is 14.1. The molecule has 1 aromatic rings. The lowest BCUT2D eigenvalue weighted by Gasteiger charge is -1.93. The van der Waals surface area contributed by atoms with E-state index in [9.17, 15) is 9.59 Å². The highest BCUT2D eigenvalue weighted by Crippen LogP contribution is 2.19. The summed E-state index contributed by atoms with van der Waals surface area (Å²) in [6.07, 6.45) is 7.94. The number of rotatable bonds is 9. The van der Waals surface area contributed by atoms with Gasteiger partial charge >= 0.3 is 5.97 Å². The molecule has 1 aromatic heterocycles. The summed E-state index contributed by atoms with van der Waals surface area (Å²) >= 11 is 1.54. The van der Waals surface area contributed by atoms with E-state index in [-0.39, 0.29) is 12.2 Å². The second kappa shape index (κ2) is 8.64. The lowest BCUT2D eigenvalue weighted by molar-refractivity contribution is -0.136. The minimum absolute atomic E-state index is 0.152. The van der Waals surface area contributed by atoms with Crippen molar-refractivity contribution in [3.63, 3.8) is 0 Å². The van der Waals surface area contributed by atoms with Crippen molar-refractivity contribution in [1.82, 2.24) is 0 Å². The Morgan fingerprint density at radius 2 is 2.05 bits per heavy atom. The highest BCUT2D eigenvalue weighted by Gasteiger charge is 2.02. The van der Waals surface area contributed by atoms with Crippen LogP contribution in [0.2, 0.25) is 0 Å². The number of hydrogen-bond donors (Lipinski definition) is 1. The predicted octanol–water partition coefficient (Wildman–Crippen LogP) is 3.93. The molecule has 0 unspecified atom stereocenters. The van der Waals surface area contributed by atoms with Gasteiger partial charge < -0.3 is 5.11 Å². The zero-order valence-corrected chi connectivity index (χ0v) is 12.0. The summed E-state index contributed by atoms with van der Waals surface area (Å²) in [5, 5.41) is 8.61. The largest absolute Gasteiger partial charge is 0.481 e. The first-order valence-corrected chi connectivity index (χ1v) is 7.45.